The van der Waals surface area contributed by atoms with Crippen LogP contribution in [0.15, 0.2) is 57.9 Å². The van der Waals surface area contributed by atoms with Crippen LogP contribution in [0.5, 0.6) is 0 Å². The van der Waals surface area contributed by atoms with E-state index >= 15 is 0 Å². The van der Waals surface area contributed by atoms with Crippen LogP contribution in [0.2, 0.25) is 0 Å². The normalized spacial score (nSPS) is 11.9. The molecule has 0 spiro atoms. The van der Waals surface area contributed by atoms with E-state index in [2.05, 4.69) is 15.9 Å². The molecular weight excluding hydrogens is 449 g/mol. The van der Waals surface area contributed by atoms with Gasteiger partial charge in [-0.05, 0) is 35.9 Å². The smallest absolute Gasteiger partial charge is 0.331 e. The van der Waals surface area contributed by atoms with Crippen LogP contribution in [0.25, 0.3) is 6.08 Å². The highest BCUT2D eigenvalue weighted by molar-refractivity contribution is 9.10. The number of hydrogen-bond acceptors (Lipinski definition) is 4. The molecule has 0 aliphatic rings. The Balaban J connectivity index is 1.99. The monoisotopic (exact) mass is 469 g/mol. The average Bonchev–Trinajstić information content (AvgIpc) is 2.66. The van der Waals surface area contributed by atoms with E-state index in [1.54, 1.807) is 26.0 Å². The Morgan fingerprint density at radius 1 is 1.14 bits per heavy atom. The van der Waals surface area contributed by atoms with Crippen molar-refractivity contribution in [2.24, 2.45) is 0 Å². The van der Waals surface area contributed by atoms with Gasteiger partial charge in [-0.25, -0.2) is 17.6 Å². The number of rotatable bonds is 8. The maximum Gasteiger partial charge on any atom is 0.331 e. The minimum absolute atomic E-state index is 0.00505. The van der Waals surface area contributed by atoms with E-state index in [0.29, 0.717) is 28.7 Å². The molecule has 0 radical (unpaired) electrons. The van der Waals surface area contributed by atoms with E-state index in [4.69, 9.17) is 4.74 Å². The first-order chi connectivity index (χ1) is 13.3. The number of sulfonamides is 1. The van der Waals surface area contributed by atoms with Crippen molar-refractivity contribution in [3.63, 3.8) is 0 Å². The molecule has 0 atom stereocenters. The Morgan fingerprint density at radius 2 is 1.79 bits per heavy atom. The number of esters is 1. The van der Waals surface area contributed by atoms with E-state index in [1.165, 1.54) is 46.8 Å². The molecule has 150 valence electrons. The molecule has 2 aromatic rings. The SMILES string of the molecule is CCN(CC)S(=O)(=O)c1ccc(/C=C/C(=O)OCc2ccc(F)cc2Br)cc1. The molecule has 0 unspecified atom stereocenters. The number of hydrogen-bond donors (Lipinski definition) is 0. The molecule has 0 heterocycles. The minimum Gasteiger partial charge on any atom is -0.458 e. The highest BCUT2D eigenvalue weighted by Crippen LogP contribution is 2.19. The Hall–Kier alpha value is -2.03. The quantitative estimate of drug-likeness (QED) is 0.425. The van der Waals surface area contributed by atoms with E-state index in [1.807, 2.05) is 0 Å². The second-order valence-electron chi connectivity index (χ2n) is 5.84. The number of carbonyl (C=O) groups excluding carboxylic acids is 1. The zero-order chi connectivity index (χ0) is 20.7. The molecule has 0 amide bonds. The Morgan fingerprint density at radius 3 is 2.36 bits per heavy atom. The lowest BCUT2D eigenvalue weighted by Crippen LogP contribution is -2.30. The lowest BCUT2D eigenvalue weighted by molar-refractivity contribution is -0.138. The number of ether oxygens (including phenoxy) is 1. The topological polar surface area (TPSA) is 63.7 Å². The summed E-state index contributed by atoms with van der Waals surface area (Å²) in [5.41, 5.74) is 1.31. The summed E-state index contributed by atoms with van der Waals surface area (Å²) in [6, 6.07) is 10.4. The van der Waals surface area contributed by atoms with Gasteiger partial charge >= 0.3 is 5.97 Å². The molecule has 2 aromatic carbocycles. The van der Waals surface area contributed by atoms with Crippen LogP contribution >= 0.6 is 15.9 Å². The van der Waals surface area contributed by atoms with Crippen molar-refractivity contribution in [1.29, 1.82) is 0 Å². The lowest BCUT2D eigenvalue weighted by Gasteiger charge is -2.18. The van der Waals surface area contributed by atoms with E-state index in [9.17, 15) is 17.6 Å². The second-order valence-corrected chi connectivity index (χ2v) is 8.63. The van der Waals surface area contributed by atoms with Crippen molar-refractivity contribution in [2.45, 2.75) is 25.3 Å². The van der Waals surface area contributed by atoms with Gasteiger partial charge in [0.15, 0.2) is 0 Å². The van der Waals surface area contributed by atoms with Crippen molar-refractivity contribution in [3.05, 3.63) is 70.0 Å². The van der Waals surface area contributed by atoms with E-state index < -0.39 is 16.0 Å². The molecule has 5 nitrogen and oxygen atoms in total. The molecule has 2 rings (SSSR count). The predicted octanol–water partition coefficient (Wildman–Crippen LogP) is 4.38. The third-order valence-electron chi connectivity index (χ3n) is 4.02. The van der Waals surface area contributed by atoms with Crippen LogP contribution in [0.1, 0.15) is 25.0 Å². The van der Waals surface area contributed by atoms with Crippen LogP contribution in [-0.4, -0.2) is 31.8 Å². The summed E-state index contributed by atoms with van der Waals surface area (Å²) in [6.07, 6.45) is 2.79. The van der Waals surface area contributed by atoms with Crippen molar-refractivity contribution in [2.75, 3.05) is 13.1 Å². The molecule has 0 fully saturated rings. The zero-order valence-electron chi connectivity index (χ0n) is 15.6. The standard InChI is InChI=1S/C20H21BrFNO4S/c1-3-23(4-2)28(25,26)18-10-5-15(6-11-18)7-12-20(24)27-14-16-8-9-17(22)13-19(16)21/h5-13H,3-4,14H2,1-2H3/b12-7+. The molecule has 0 N–H and O–H groups in total. The van der Waals surface area contributed by atoms with Crippen LogP contribution in [0.3, 0.4) is 0 Å². The third-order valence-corrected chi connectivity index (χ3v) is 6.82. The van der Waals surface area contributed by atoms with Crippen LogP contribution in [-0.2, 0) is 26.2 Å². The number of carbonyl (C=O) groups is 1. The van der Waals surface area contributed by atoms with Crippen LogP contribution < -0.4 is 0 Å². The van der Waals surface area contributed by atoms with Gasteiger partial charge < -0.3 is 4.74 Å². The van der Waals surface area contributed by atoms with Gasteiger partial charge in [-0.1, -0.05) is 48.0 Å². The number of benzene rings is 2. The Bertz CT molecular complexity index is 955. The lowest BCUT2D eigenvalue weighted by atomic mass is 10.2. The average molecular weight is 470 g/mol. The van der Waals surface area contributed by atoms with Crippen LogP contribution in [0.4, 0.5) is 4.39 Å². The summed E-state index contributed by atoms with van der Waals surface area (Å²) in [4.78, 5) is 12.1. The summed E-state index contributed by atoms with van der Waals surface area (Å²) in [5, 5.41) is 0. The van der Waals surface area contributed by atoms with Crippen LogP contribution in [0, 0.1) is 5.82 Å². The summed E-state index contributed by atoms with van der Waals surface area (Å²) in [5.74, 6) is -0.940. The van der Waals surface area contributed by atoms with Crippen molar-refractivity contribution in [3.8, 4) is 0 Å². The zero-order valence-corrected chi connectivity index (χ0v) is 18.0. The highest BCUT2D eigenvalue weighted by Gasteiger charge is 2.20. The van der Waals surface area contributed by atoms with Crippen molar-refractivity contribution >= 4 is 38.0 Å². The molecule has 28 heavy (non-hydrogen) atoms. The fourth-order valence-electron chi connectivity index (χ4n) is 2.46. The van der Waals surface area contributed by atoms with Gasteiger partial charge in [-0.2, -0.15) is 4.31 Å². The van der Waals surface area contributed by atoms with Gasteiger partial charge in [0.1, 0.15) is 12.4 Å². The van der Waals surface area contributed by atoms with Crippen molar-refractivity contribution in [1.82, 2.24) is 4.31 Å². The number of halogens is 2. The molecule has 0 saturated carbocycles. The largest absolute Gasteiger partial charge is 0.458 e. The third kappa shape index (κ3) is 5.73. The van der Waals surface area contributed by atoms with Gasteiger partial charge in [-0.15, -0.1) is 0 Å². The molecule has 0 aliphatic heterocycles. The second kappa shape index (κ2) is 9.95. The van der Waals surface area contributed by atoms with Gasteiger partial charge in [0.25, 0.3) is 0 Å². The molecule has 8 heteroatoms. The molecule has 0 saturated heterocycles. The predicted molar refractivity (Wildman–Crippen MR) is 109 cm³/mol. The first kappa shape index (κ1) is 22.3. The first-order valence-corrected chi connectivity index (χ1v) is 10.9. The van der Waals surface area contributed by atoms with Gasteiger partial charge in [0.2, 0.25) is 10.0 Å². The molecule has 0 aromatic heterocycles. The number of nitrogens with zero attached hydrogens (tertiary/aromatic N) is 1. The fourth-order valence-corrected chi connectivity index (χ4v) is 4.39. The van der Waals surface area contributed by atoms with E-state index in [-0.39, 0.29) is 17.3 Å². The summed E-state index contributed by atoms with van der Waals surface area (Å²) in [7, 11) is -3.51. The maximum absolute atomic E-state index is 13.1. The summed E-state index contributed by atoms with van der Waals surface area (Å²) in [6.45, 7) is 4.38. The molecular formula is C20H21BrFNO4S. The maximum atomic E-state index is 13.1. The van der Waals surface area contributed by atoms with Gasteiger partial charge in [0.05, 0.1) is 4.90 Å². The first-order valence-electron chi connectivity index (χ1n) is 8.67. The van der Waals surface area contributed by atoms with Gasteiger partial charge in [-0.3, -0.25) is 0 Å². The summed E-state index contributed by atoms with van der Waals surface area (Å²) >= 11 is 3.21. The van der Waals surface area contributed by atoms with Gasteiger partial charge in [0, 0.05) is 29.2 Å². The minimum atomic E-state index is -3.51. The Kier molecular flexibility index (Phi) is 7.91. The molecule has 0 bridgehead atoms. The molecule has 0 aliphatic carbocycles. The Labute approximate surface area is 173 Å². The highest BCUT2D eigenvalue weighted by atomic mass is 79.9. The summed E-state index contributed by atoms with van der Waals surface area (Å²) < 4.78 is 45.0. The van der Waals surface area contributed by atoms with Crippen molar-refractivity contribution < 1.29 is 22.3 Å². The van der Waals surface area contributed by atoms with E-state index in [0.717, 1.165) is 0 Å². The fraction of sp³-hybridized carbons (Fsp3) is 0.250.